The maximum absolute atomic E-state index is 14.5. The lowest BCUT2D eigenvalue weighted by Gasteiger charge is -2.29. The second-order valence-corrected chi connectivity index (χ2v) is 6.38. The van der Waals surface area contributed by atoms with Crippen molar-refractivity contribution in [2.45, 2.75) is 20.0 Å². The number of morpholine rings is 1. The molecule has 0 saturated carbocycles. The molecule has 154 valence electrons. The highest BCUT2D eigenvalue weighted by molar-refractivity contribution is 14.0. The molecular weight excluding hydrogens is 474 g/mol. The predicted molar refractivity (Wildman–Crippen MR) is 120 cm³/mol. The van der Waals surface area contributed by atoms with Crippen molar-refractivity contribution >= 4 is 35.6 Å². The van der Waals surface area contributed by atoms with E-state index < -0.39 is 0 Å². The van der Waals surface area contributed by atoms with Gasteiger partial charge in [-0.05, 0) is 30.7 Å². The van der Waals surface area contributed by atoms with Crippen molar-refractivity contribution in [3.63, 3.8) is 0 Å². The summed E-state index contributed by atoms with van der Waals surface area (Å²) in [6.07, 6.45) is 1.76. The van der Waals surface area contributed by atoms with Gasteiger partial charge in [-0.2, -0.15) is 5.10 Å². The molecule has 0 bridgehead atoms. The van der Waals surface area contributed by atoms with Gasteiger partial charge >= 0.3 is 0 Å². The van der Waals surface area contributed by atoms with Crippen molar-refractivity contribution in [3.05, 3.63) is 47.5 Å². The fourth-order valence-electron chi connectivity index (χ4n) is 2.97. The number of aromatic nitrogens is 2. The van der Waals surface area contributed by atoms with Gasteiger partial charge in [0.1, 0.15) is 5.82 Å². The van der Waals surface area contributed by atoms with Crippen LogP contribution in [0.3, 0.4) is 0 Å². The number of nitrogens with one attached hydrogen (secondary N) is 2. The van der Waals surface area contributed by atoms with Crippen LogP contribution < -0.4 is 15.5 Å². The van der Waals surface area contributed by atoms with Gasteiger partial charge in [-0.15, -0.1) is 24.0 Å². The average molecular weight is 502 g/mol. The number of aliphatic imine (C=N–C) groups is 1. The molecular formula is C19H28FIN6O. The summed E-state index contributed by atoms with van der Waals surface area (Å²) in [4.78, 5) is 6.58. The fraction of sp³-hybridized carbons (Fsp3) is 0.474. The highest BCUT2D eigenvalue weighted by Crippen LogP contribution is 2.21. The summed E-state index contributed by atoms with van der Waals surface area (Å²) in [5.41, 5.74) is 2.52. The quantitative estimate of drug-likeness (QED) is 0.361. The summed E-state index contributed by atoms with van der Waals surface area (Å²) in [6, 6.07) is 7.29. The molecule has 0 radical (unpaired) electrons. The van der Waals surface area contributed by atoms with Crippen LogP contribution >= 0.6 is 24.0 Å². The van der Waals surface area contributed by atoms with Crippen molar-refractivity contribution in [1.29, 1.82) is 0 Å². The van der Waals surface area contributed by atoms with E-state index in [1.54, 1.807) is 12.3 Å². The van der Waals surface area contributed by atoms with Gasteiger partial charge in [0.25, 0.3) is 0 Å². The minimum Gasteiger partial charge on any atom is -0.378 e. The summed E-state index contributed by atoms with van der Waals surface area (Å²) in [7, 11) is 1.90. The first-order valence-electron chi connectivity index (χ1n) is 9.27. The van der Waals surface area contributed by atoms with Crippen molar-refractivity contribution in [1.82, 2.24) is 20.4 Å². The minimum absolute atomic E-state index is 0. The van der Waals surface area contributed by atoms with Gasteiger partial charge in [-0.25, -0.2) is 9.38 Å². The maximum Gasteiger partial charge on any atom is 0.191 e. The SMILES string of the molecule is CCNC(=NCc1ccc(N2CCOCC2)c(F)c1)NCc1ccnn1C.I. The first kappa shape index (κ1) is 22.4. The topological polar surface area (TPSA) is 66.7 Å². The summed E-state index contributed by atoms with van der Waals surface area (Å²) in [5.74, 6) is 0.480. The second kappa shape index (κ2) is 11.2. The zero-order chi connectivity index (χ0) is 19.1. The molecule has 0 spiro atoms. The van der Waals surface area contributed by atoms with Crippen LogP contribution in [-0.2, 0) is 24.9 Å². The van der Waals surface area contributed by atoms with Gasteiger partial charge in [-0.1, -0.05) is 6.07 Å². The van der Waals surface area contributed by atoms with Crippen molar-refractivity contribution in [2.75, 3.05) is 37.7 Å². The number of guanidine groups is 1. The molecule has 7 nitrogen and oxygen atoms in total. The number of ether oxygens (including phenoxy) is 1. The number of hydrogen-bond acceptors (Lipinski definition) is 4. The molecule has 2 N–H and O–H groups in total. The molecule has 0 atom stereocenters. The lowest BCUT2D eigenvalue weighted by Crippen LogP contribution is -2.37. The van der Waals surface area contributed by atoms with Gasteiger partial charge in [0.2, 0.25) is 0 Å². The normalized spacial score (nSPS) is 14.5. The molecule has 1 aromatic heterocycles. The van der Waals surface area contributed by atoms with Gasteiger partial charge in [0.15, 0.2) is 5.96 Å². The predicted octanol–water partition coefficient (Wildman–Crippen LogP) is 2.27. The largest absolute Gasteiger partial charge is 0.378 e. The molecule has 0 amide bonds. The Morgan fingerprint density at radius 1 is 1.25 bits per heavy atom. The minimum atomic E-state index is -0.211. The molecule has 9 heteroatoms. The smallest absolute Gasteiger partial charge is 0.191 e. The Labute approximate surface area is 182 Å². The van der Waals surface area contributed by atoms with E-state index in [1.165, 1.54) is 0 Å². The molecule has 1 aromatic carbocycles. The Morgan fingerprint density at radius 2 is 2.04 bits per heavy atom. The summed E-state index contributed by atoms with van der Waals surface area (Å²) >= 11 is 0. The van der Waals surface area contributed by atoms with E-state index in [0.717, 1.165) is 30.9 Å². The standard InChI is InChI=1S/C19H27FN6O.HI/c1-3-21-19(23-14-16-6-7-24-25(16)2)22-13-15-4-5-18(17(20)12-15)26-8-10-27-11-9-26;/h4-7,12H,3,8-11,13-14H2,1-2H3,(H2,21,22,23);1H. The van der Waals surface area contributed by atoms with E-state index in [1.807, 2.05) is 41.8 Å². The van der Waals surface area contributed by atoms with E-state index in [0.29, 0.717) is 38.0 Å². The van der Waals surface area contributed by atoms with Crippen LogP contribution in [0.2, 0.25) is 0 Å². The summed E-state index contributed by atoms with van der Waals surface area (Å²) < 4.78 is 21.7. The zero-order valence-electron chi connectivity index (χ0n) is 16.3. The molecule has 2 heterocycles. The third-order valence-electron chi connectivity index (χ3n) is 4.49. The fourth-order valence-corrected chi connectivity index (χ4v) is 2.97. The van der Waals surface area contributed by atoms with Crippen molar-refractivity contribution < 1.29 is 9.13 Å². The van der Waals surface area contributed by atoms with Gasteiger partial charge in [0.05, 0.1) is 37.7 Å². The number of hydrogen-bond donors (Lipinski definition) is 2. The number of nitrogens with zero attached hydrogens (tertiary/aromatic N) is 4. The van der Waals surface area contributed by atoms with Crippen molar-refractivity contribution in [2.24, 2.45) is 12.0 Å². The third-order valence-corrected chi connectivity index (χ3v) is 4.49. The first-order valence-corrected chi connectivity index (χ1v) is 9.27. The molecule has 3 rings (SSSR count). The highest BCUT2D eigenvalue weighted by atomic mass is 127. The van der Waals surface area contributed by atoms with E-state index in [2.05, 4.69) is 20.7 Å². The molecule has 2 aromatic rings. The van der Waals surface area contributed by atoms with E-state index in [-0.39, 0.29) is 29.8 Å². The monoisotopic (exact) mass is 502 g/mol. The lowest BCUT2D eigenvalue weighted by molar-refractivity contribution is 0.122. The van der Waals surface area contributed by atoms with Gasteiger partial charge in [-0.3, -0.25) is 4.68 Å². The van der Waals surface area contributed by atoms with Crippen LogP contribution in [-0.4, -0.2) is 48.6 Å². The highest BCUT2D eigenvalue weighted by Gasteiger charge is 2.15. The zero-order valence-corrected chi connectivity index (χ0v) is 18.7. The van der Waals surface area contributed by atoms with E-state index >= 15 is 0 Å². The Morgan fingerprint density at radius 3 is 2.68 bits per heavy atom. The number of rotatable bonds is 6. The number of benzene rings is 1. The molecule has 1 aliphatic rings. The Kier molecular flexibility index (Phi) is 8.97. The maximum atomic E-state index is 14.5. The summed E-state index contributed by atoms with van der Waals surface area (Å²) in [5, 5.41) is 10.6. The first-order chi connectivity index (χ1) is 13.2. The van der Waals surface area contributed by atoms with Crippen LogP contribution in [0.4, 0.5) is 10.1 Å². The number of aryl methyl sites for hydroxylation is 1. The van der Waals surface area contributed by atoms with E-state index in [9.17, 15) is 4.39 Å². The average Bonchev–Trinajstić information content (AvgIpc) is 3.09. The molecule has 1 aliphatic heterocycles. The van der Waals surface area contributed by atoms with Gasteiger partial charge in [0, 0.05) is 32.9 Å². The van der Waals surface area contributed by atoms with Crippen LogP contribution in [0.5, 0.6) is 0 Å². The van der Waals surface area contributed by atoms with Crippen LogP contribution in [0.15, 0.2) is 35.5 Å². The number of halogens is 2. The number of anilines is 1. The molecule has 0 aliphatic carbocycles. The Balaban J connectivity index is 0.00000280. The molecule has 1 fully saturated rings. The Bertz CT molecular complexity index is 776. The Hall–Kier alpha value is -1.88. The second-order valence-electron chi connectivity index (χ2n) is 6.38. The summed E-state index contributed by atoms with van der Waals surface area (Å²) in [6.45, 7) is 6.50. The van der Waals surface area contributed by atoms with Crippen LogP contribution in [0.1, 0.15) is 18.2 Å². The van der Waals surface area contributed by atoms with E-state index in [4.69, 9.17) is 4.74 Å². The van der Waals surface area contributed by atoms with Gasteiger partial charge < -0.3 is 20.3 Å². The van der Waals surface area contributed by atoms with Crippen molar-refractivity contribution in [3.8, 4) is 0 Å². The molecule has 0 unspecified atom stereocenters. The lowest BCUT2D eigenvalue weighted by atomic mass is 10.1. The third kappa shape index (κ3) is 6.06. The molecule has 1 saturated heterocycles. The van der Waals surface area contributed by atoms with Crippen LogP contribution in [0.25, 0.3) is 0 Å². The molecule has 28 heavy (non-hydrogen) atoms. The van der Waals surface area contributed by atoms with Crippen LogP contribution in [0, 0.1) is 5.82 Å².